The van der Waals surface area contributed by atoms with Gasteiger partial charge in [0.15, 0.2) is 38.3 Å². The summed E-state index contributed by atoms with van der Waals surface area (Å²) in [6.07, 6.45) is 0. The Morgan fingerprint density at radius 1 is 0.900 bits per heavy atom. The van der Waals surface area contributed by atoms with Gasteiger partial charge in [0.25, 0.3) is 21.6 Å². The molecule has 1 atom stereocenters. The Balaban J connectivity index is 1.08. The largest absolute Gasteiger partial charge is 0.494 e. The Morgan fingerprint density at radius 2 is 1.60 bits per heavy atom. The van der Waals surface area contributed by atoms with Crippen molar-refractivity contribution in [3.8, 4) is 28.8 Å². The maximum absolute atomic E-state index is 14.6. The third kappa shape index (κ3) is 9.45. The molecular weight excluding hydrogens is 1060 g/mol. The summed E-state index contributed by atoms with van der Waals surface area (Å²) in [5.74, 6) is -5.24. The molecule has 0 saturated heterocycles. The molecule has 364 valence electrons. The number of rotatable bonds is 12. The molecule has 1 aliphatic carbocycles. The van der Waals surface area contributed by atoms with Crippen molar-refractivity contribution in [3.63, 3.8) is 0 Å². The molecule has 70 heavy (non-hydrogen) atoms. The van der Waals surface area contributed by atoms with Crippen LogP contribution in [0.3, 0.4) is 0 Å². The summed E-state index contributed by atoms with van der Waals surface area (Å²) in [5.41, 5.74) is 1.44. The standard InChI is InChI=1S/C37H26Cl3FN12O14S3/c1-11(44-36-49-35(40)50-37(51-36)45-13-3-8-19(68(57,58)59)18(9-13)52-53-23-12(2)20(32(42)54)33(55)48-34(23)56)10-43-17-7-6-16-27(31(17)70(63,64)65)67-29-22(39)24-28(21(38)25(29)47-16)66-26-15(46-24)5-4-14(41)30(26)69(60,61)62/h3-9,11,46H,10H2,1-2H3,(H2,42,54)(H2,48,55,56)(H,57,58,59)(H,60,61,62)(H,63,64,65)(H2,44,45,49,50,51). The highest BCUT2D eigenvalue weighted by Crippen LogP contribution is 2.54. The molecule has 5 aromatic rings. The minimum absolute atomic E-state index is 0.0258. The molecule has 0 fully saturated rings. The van der Waals surface area contributed by atoms with Crippen LogP contribution in [0.5, 0.6) is 17.4 Å². The van der Waals surface area contributed by atoms with Crippen LogP contribution in [0.25, 0.3) is 22.6 Å². The molecule has 10 N–H and O–H groups in total. The second-order valence-electron chi connectivity index (χ2n) is 14.6. The molecule has 3 aliphatic rings. The fourth-order valence-electron chi connectivity index (χ4n) is 6.79. The van der Waals surface area contributed by atoms with Crippen LogP contribution in [0.15, 0.2) is 81.6 Å². The minimum Gasteiger partial charge on any atom is -0.494 e. The number of halogens is 4. The number of pyridine rings is 1. The van der Waals surface area contributed by atoms with Crippen LogP contribution in [0.4, 0.5) is 44.7 Å². The van der Waals surface area contributed by atoms with Gasteiger partial charge < -0.3 is 35.9 Å². The Bertz CT molecular complexity index is 3920. The van der Waals surface area contributed by atoms with Gasteiger partial charge in [-0.3, -0.25) is 33.2 Å². The van der Waals surface area contributed by atoms with Crippen molar-refractivity contribution >= 4 is 122 Å². The highest BCUT2D eigenvalue weighted by atomic mass is 35.5. The van der Waals surface area contributed by atoms with E-state index >= 15 is 0 Å². The number of H-pyrrole nitrogens is 1. The van der Waals surface area contributed by atoms with Crippen molar-refractivity contribution < 1.29 is 62.4 Å². The van der Waals surface area contributed by atoms with Crippen molar-refractivity contribution in [2.24, 2.45) is 21.0 Å². The number of benzene rings is 4. The lowest BCUT2D eigenvalue weighted by Gasteiger charge is -2.25. The van der Waals surface area contributed by atoms with Gasteiger partial charge in [-0.2, -0.15) is 40.2 Å². The van der Waals surface area contributed by atoms with Crippen molar-refractivity contribution in [1.82, 2.24) is 24.9 Å². The van der Waals surface area contributed by atoms with E-state index in [2.05, 4.69) is 51.1 Å². The lowest BCUT2D eigenvalue weighted by Crippen LogP contribution is -2.24. The van der Waals surface area contributed by atoms with E-state index in [0.717, 1.165) is 24.3 Å². The van der Waals surface area contributed by atoms with Gasteiger partial charge in [0.2, 0.25) is 23.1 Å². The van der Waals surface area contributed by atoms with Gasteiger partial charge in [0.1, 0.15) is 48.9 Å². The van der Waals surface area contributed by atoms with Crippen LogP contribution in [0.2, 0.25) is 15.3 Å². The van der Waals surface area contributed by atoms with Gasteiger partial charge in [-0.05, 0) is 67.9 Å². The van der Waals surface area contributed by atoms with Crippen LogP contribution in [0.1, 0.15) is 22.8 Å². The SMILES string of the molecule is Cc1c(C(N)=O)c(O)[nH]c(=O)c1N=Nc1cc(Nc2nc(Cl)nc(NC(C)CN=c3ccc4nc5c(Cl)c6c(c(Cl)c5oc-4c3S(=O)(=O)O)Nc3ccc(F)c(S(=O)(=O)O)c3O6)n2)ccc1S(=O)(=O)O. The number of anilines is 5. The minimum atomic E-state index is -5.16. The number of nitrogens with zero attached hydrogens (tertiary/aromatic N) is 7. The summed E-state index contributed by atoms with van der Waals surface area (Å²) < 4.78 is 131. The first-order chi connectivity index (χ1) is 32.7. The zero-order valence-corrected chi connectivity index (χ0v) is 39.4. The first-order valence-electron chi connectivity index (χ1n) is 19.0. The molecule has 8 rings (SSSR count). The average Bonchev–Trinajstić information content (AvgIpc) is 3.24. The van der Waals surface area contributed by atoms with Crippen molar-refractivity contribution in [2.45, 2.75) is 34.6 Å². The lowest BCUT2D eigenvalue weighted by molar-refractivity contribution is 0.0996. The van der Waals surface area contributed by atoms with Crippen LogP contribution in [-0.4, -0.2) is 87.4 Å². The van der Waals surface area contributed by atoms with Crippen LogP contribution < -0.4 is 37.3 Å². The number of amides is 1. The van der Waals surface area contributed by atoms with Crippen molar-refractivity contribution in [3.05, 3.63) is 90.4 Å². The zero-order chi connectivity index (χ0) is 50.9. The van der Waals surface area contributed by atoms with E-state index in [1.807, 2.05) is 4.98 Å². The molecule has 1 amide bonds. The molecule has 33 heteroatoms. The highest BCUT2D eigenvalue weighted by molar-refractivity contribution is 7.86. The van der Waals surface area contributed by atoms with Crippen LogP contribution in [-0.2, 0) is 30.4 Å². The van der Waals surface area contributed by atoms with Gasteiger partial charge in [0.05, 0.1) is 17.6 Å². The number of fused-ring (bicyclic) bond motifs is 4. The van der Waals surface area contributed by atoms with Crippen molar-refractivity contribution in [1.29, 1.82) is 0 Å². The molecule has 0 bridgehead atoms. The number of aromatic nitrogens is 5. The summed E-state index contributed by atoms with van der Waals surface area (Å²) in [6, 6.07) is 6.69. The Kier molecular flexibility index (Phi) is 12.7. The predicted octanol–water partition coefficient (Wildman–Crippen LogP) is 6.17. The van der Waals surface area contributed by atoms with Crippen molar-refractivity contribution in [2.75, 3.05) is 22.5 Å². The van der Waals surface area contributed by atoms with E-state index in [9.17, 15) is 58.0 Å². The third-order valence-corrected chi connectivity index (χ3v) is 13.3. The number of nitrogens with one attached hydrogen (secondary N) is 4. The Labute approximate surface area is 405 Å². The number of carbonyl (C=O) groups excluding carboxylic acids is 1. The molecule has 0 radical (unpaired) electrons. The van der Waals surface area contributed by atoms with E-state index in [0.29, 0.717) is 0 Å². The number of nitrogens with two attached hydrogens (primary N) is 1. The molecule has 0 spiro atoms. The molecule has 2 aromatic heterocycles. The van der Waals surface area contributed by atoms with E-state index in [4.69, 9.17) is 49.7 Å². The quantitative estimate of drug-likeness (QED) is 0.0375. The van der Waals surface area contributed by atoms with Gasteiger partial charge in [-0.1, -0.05) is 23.2 Å². The zero-order valence-electron chi connectivity index (χ0n) is 34.6. The number of hydrogen-bond donors (Lipinski definition) is 9. The Morgan fingerprint density at radius 3 is 2.27 bits per heavy atom. The molecule has 0 saturated carbocycles. The third-order valence-electron chi connectivity index (χ3n) is 9.75. The number of aromatic amines is 1. The molecular formula is C37H26Cl3FN12O14S3. The van der Waals surface area contributed by atoms with Crippen LogP contribution >= 0.6 is 34.8 Å². The smallest absolute Gasteiger partial charge is 0.301 e. The summed E-state index contributed by atoms with van der Waals surface area (Å²) in [5, 5.41) is 24.5. The van der Waals surface area contributed by atoms with Gasteiger partial charge >= 0.3 is 20.2 Å². The Hall–Kier alpha value is -7.16. The normalized spacial score (nSPS) is 13.5. The topological polar surface area (TPSA) is 406 Å². The van der Waals surface area contributed by atoms with Crippen LogP contribution in [0, 0.1) is 12.7 Å². The van der Waals surface area contributed by atoms with E-state index in [1.54, 1.807) is 6.92 Å². The second-order valence-corrected chi connectivity index (χ2v) is 19.8. The predicted molar refractivity (Wildman–Crippen MR) is 244 cm³/mol. The monoisotopic (exact) mass is 1080 g/mol. The van der Waals surface area contributed by atoms with E-state index in [1.165, 1.54) is 25.1 Å². The maximum Gasteiger partial charge on any atom is 0.301 e. The summed E-state index contributed by atoms with van der Waals surface area (Å²) in [4.78, 5) is 44.5. The first-order valence-corrected chi connectivity index (χ1v) is 24.4. The lowest BCUT2D eigenvalue weighted by atomic mass is 10.1. The number of hydrogen-bond acceptors (Lipinski definition) is 21. The molecule has 2 aliphatic heterocycles. The summed E-state index contributed by atoms with van der Waals surface area (Å²) in [6.45, 7) is 2.56. The van der Waals surface area contributed by atoms with E-state index in [-0.39, 0.29) is 84.3 Å². The van der Waals surface area contributed by atoms with Gasteiger partial charge in [-0.15, -0.1) is 10.2 Å². The fraction of sp³-hybridized carbons (Fsp3) is 0.108. The van der Waals surface area contributed by atoms with Gasteiger partial charge in [-0.25, -0.2) is 9.37 Å². The first kappa shape index (κ1) is 49.3. The number of azo groups is 1. The van der Waals surface area contributed by atoms with E-state index < -0.39 is 103 Å². The fourth-order valence-corrected chi connectivity index (χ4v) is 9.55. The number of aromatic hydroxyl groups is 1. The average molecular weight is 1080 g/mol. The summed E-state index contributed by atoms with van der Waals surface area (Å²) >= 11 is 19.5. The molecule has 26 nitrogen and oxygen atoms in total. The second kappa shape index (κ2) is 18.0. The number of carbonyl (C=O) groups is 1. The number of primary amides is 1. The molecule has 1 unspecified atom stereocenters. The summed E-state index contributed by atoms with van der Waals surface area (Å²) in [7, 11) is -15.3. The molecule has 4 heterocycles. The molecule has 3 aromatic carbocycles. The highest BCUT2D eigenvalue weighted by Gasteiger charge is 2.35. The maximum atomic E-state index is 14.6. The number of ether oxygens (including phenoxy) is 1. The van der Waals surface area contributed by atoms with Gasteiger partial charge in [0, 0.05) is 17.3 Å².